The van der Waals surface area contributed by atoms with Crippen LogP contribution in [0.15, 0.2) is 72.9 Å². The van der Waals surface area contributed by atoms with Gasteiger partial charge in [-0.2, -0.15) is 0 Å². The van der Waals surface area contributed by atoms with Crippen LogP contribution in [0.3, 0.4) is 0 Å². The van der Waals surface area contributed by atoms with Crippen LogP contribution in [0.5, 0.6) is 0 Å². The number of rotatable bonds is 5. The molecule has 0 amide bonds. The van der Waals surface area contributed by atoms with E-state index in [1.165, 1.54) is 16.0 Å². The second-order valence-corrected chi connectivity index (χ2v) is 6.69. The van der Waals surface area contributed by atoms with Crippen LogP contribution in [0.25, 0.3) is 10.7 Å². The number of imidazole rings is 2. The quantitative estimate of drug-likeness (QED) is 0.542. The Hall–Kier alpha value is -2.66. The average molecular weight is 334 g/mol. The van der Waals surface area contributed by atoms with Crippen molar-refractivity contribution in [2.75, 3.05) is 0 Å². The van der Waals surface area contributed by atoms with E-state index in [1.807, 2.05) is 24.9 Å². The van der Waals surface area contributed by atoms with Crippen LogP contribution >= 0.6 is 11.3 Å². The molecule has 1 unspecified atom stereocenters. The molecule has 0 aliphatic heterocycles. The van der Waals surface area contributed by atoms with Gasteiger partial charge in [-0.3, -0.25) is 0 Å². The van der Waals surface area contributed by atoms with Gasteiger partial charge in [-0.1, -0.05) is 30.3 Å². The average Bonchev–Trinajstić information content (AvgIpc) is 3.35. The molecule has 120 valence electrons. The third-order valence-electron chi connectivity index (χ3n) is 4.20. The topological polar surface area (TPSA) is 35.6 Å². The molecule has 0 saturated carbocycles. The molecular formula is C19H18N4S. The van der Waals surface area contributed by atoms with E-state index in [4.69, 9.17) is 0 Å². The van der Waals surface area contributed by atoms with Crippen LogP contribution < -0.4 is 0 Å². The number of hydrogen-bond donors (Lipinski definition) is 0. The van der Waals surface area contributed by atoms with Crippen molar-refractivity contribution < 1.29 is 0 Å². The molecule has 4 rings (SSSR count). The van der Waals surface area contributed by atoms with Crippen LogP contribution in [0.4, 0.5) is 0 Å². The van der Waals surface area contributed by atoms with Gasteiger partial charge >= 0.3 is 0 Å². The van der Waals surface area contributed by atoms with Crippen LogP contribution in [0, 0.1) is 6.92 Å². The number of nitrogens with zero attached hydrogens (tertiary/aromatic N) is 4. The number of aryl methyl sites for hydroxylation is 1. The Morgan fingerprint density at radius 1 is 1.08 bits per heavy atom. The highest BCUT2D eigenvalue weighted by Crippen LogP contribution is 2.32. The number of aromatic nitrogens is 4. The molecule has 1 atom stereocenters. The van der Waals surface area contributed by atoms with Gasteiger partial charge in [0, 0.05) is 31.3 Å². The molecule has 0 aliphatic rings. The van der Waals surface area contributed by atoms with Gasteiger partial charge in [-0.15, -0.1) is 11.3 Å². The zero-order valence-corrected chi connectivity index (χ0v) is 14.2. The lowest BCUT2D eigenvalue weighted by Gasteiger charge is -2.22. The Balaban J connectivity index is 1.80. The van der Waals surface area contributed by atoms with E-state index in [2.05, 4.69) is 74.0 Å². The summed E-state index contributed by atoms with van der Waals surface area (Å²) in [7, 11) is 0. The largest absolute Gasteiger partial charge is 0.335 e. The summed E-state index contributed by atoms with van der Waals surface area (Å²) in [6, 6.07) is 12.9. The fraction of sp³-hybridized carbons (Fsp3) is 0.158. The first-order chi connectivity index (χ1) is 11.8. The van der Waals surface area contributed by atoms with Gasteiger partial charge < -0.3 is 9.13 Å². The molecule has 0 fully saturated rings. The second-order valence-electron chi connectivity index (χ2n) is 5.78. The van der Waals surface area contributed by atoms with E-state index < -0.39 is 0 Å². The molecule has 24 heavy (non-hydrogen) atoms. The molecule has 4 nitrogen and oxygen atoms in total. The Labute approximate surface area is 145 Å². The summed E-state index contributed by atoms with van der Waals surface area (Å²) in [5.41, 5.74) is 2.53. The van der Waals surface area contributed by atoms with E-state index in [0.717, 1.165) is 12.4 Å². The molecule has 5 heteroatoms. The monoisotopic (exact) mass is 334 g/mol. The molecule has 3 aromatic heterocycles. The van der Waals surface area contributed by atoms with E-state index in [1.54, 1.807) is 11.3 Å². The van der Waals surface area contributed by atoms with Crippen molar-refractivity contribution in [3.8, 4) is 10.7 Å². The van der Waals surface area contributed by atoms with Gasteiger partial charge in [0.25, 0.3) is 0 Å². The molecule has 0 spiro atoms. The van der Waals surface area contributed by atoms with E-state index in [9.17, 15) is 0 Å². The number of thiophene rings is 1. The molecule has 0 radical (unpaired) electrons. The van der Waals surface area contributed by atoms with Gasteiger partial charge in [0.05, 0.1) is 17.2 Å². The Morgan fingerprint density at radius 3 is 2.67 bits per heavy atom. The Kier molecular flexibility index (Phi) is 4.01. The lowest BCUT2D eigenvalue weighted by atomic mass is 10.1. The summed E-state index contributed by atoms with van der Waals surface area (Å²) in [6.45, 7) is 2.95. The molecule has 0 saturated heterocycles. The maximum atomic E-state index is 4.64. The van der Waals surface area contributed by atoms with Crippen LogP contribution in [-0.4, -0.2) is 19.1 Å². The normalized spacial score (nSPS) is 12.4. The smallest absolute Gasteiger partial charge is 0.150 e. The van der Waals surface area contributed by atoms with Crippen molar-refractivity contribution in [3.63, 3.8) is 0 Å². The third kappa shape index (κ3) is 2.78. The highest BCUT2D eigenvalue weighted by molar-refractivity contribution is 7.13. The third-order valence-corrected chi connectivity index (χ3v) is 5.21. The summed E-state index contributed by atoms with van der Waals surface area (Å²) in [5.74, 6) is 1.02. The molecule has 0 N–H and O–H groups in total. The molecule has 0 bridgehead atoms. The van der Waals surface area contributed by atoms with Gasteiger partial charge in [0.15, 0.2) is 5.82 Å². The minimum atomic E-state index is 0.166. The predicted molar refractivity (Wildman–Crippen MR) is 97.1 cm³/mol. The zero-order valence-electron chi connectivity index (χ0n) is 13.4. The fourth-order valence-electron chi connectivity index (χ4n) is 2.97. The molecule has 4 aromatic rings. The van der Waals surface area contributed by atoms with Crippen molar-refractivity contribution in [3.05, 3.63) is 84.0 Å². The highest BCUT2D eigenvalue weighted by Gasteiger charge is 2.19. The van der Waals surface area contributed by atoms with Gasteiger partial charge in [0.1, 0.15) is 0 Å². The van der Waals surface area contributed by atoms with E-state index in [-0.39, 0.29) is 6.04 Å². The number of benzene rings is 1. The van der Waals surface area contributed by atoms with Crippen molar-refractivity contribution in [2.24, 2.45) is 0 Å². The maximum Gasteiger partial charge on any atom is 0.150 e. The highest BCUT2D eigenvalue weighted by atomic mass is 32.1. The summed E-state index contributed by atoms with van der Waals surface area (Å²) in [6.07, 6.45) is 9.65. The Bertz CT molecular complexity index is 906. The first-order valence-electron chi connectivity index (χ1n) is 7.91. The van der Waals surface area contributed by atoms with E-state index >= 15 is 0 Å². The molecule has 0 aliphatic carbocycles. The fourth-order valence-corrected chi connectivity index (χ4v) is 3.89. The summed E-state index contributed by atoms with van der Waals surface area (Å²) in [5, 5.41) is 2.12. The standard InChI is InChI=1S/C19H18N4S/c1-15-7-12-24-18(15)19-21-9-11-23(19)17(13-22-10-8-20-14-22)16-5-3-2-4-6-16/h2-12,14,17H,13H2,1H3. The first kappa shape index (κ1) is 14.9. The van der Waals surface area contributed by atoms with E-state index in [0.29, 0.717) is 0 Å². The summed E-state index contributed by atoms with van der Waals surface area (Å²) < 4.78 is 4.39. The van der Waals surface area contributed by atoms with Gasteiger partial charge in [0.2, 0.25) is 0 Å². The molecular weight excluding hydrogens is 316 g/mol. The van der Waals surface area contributed by atoms with Crippen molar-refractivity contribution >= 4 is 11.3 Å². The minimum Gasteiger partial charge on any atom is -0.335 e. The molecule has 3 heterocycles. The second kappa shape index (κ2) is 6.45. The van der Waals surface area contributed by atoms with Crippen molar-refractivity contribution in [2.45, 2.75) is 19.5 Å². The van der Waals surface area contributed by atoms with Gasteiger partial charge in [-0.25, -0.2) is 9.97 Å². The minimum absolute atomic E-state index is 0.166. The Morgan fingerprint density at radius 2 is 1.96 bits per heavy atom. The van der Waals surface area contributed by atoms with Gasteiger partial charge in [-0.05, 0) is 29.5 Å². The predicted octanol–water partition coefficient (Wildman–Crippen LogP) is 4.41. The van der Waals surface area contributed by atoms with Crippen molar-refractivity contribution in [1.82, 2.24) is 19.1 Å². The summed E-state index contributed by atoms with van der Waals surface area (Å²) >= 11 is 1.74. The maximum absolute atomic E-state index is 4.64. The first-order valence-corrected chi connectivity index (χ1v) is 8.79. The van der Waals surface area contributed by atoms with Crippen LogP contribution in [-0.2, 0) is 6.54 Å². The van der Waals surface area contributed by atoms with Crippen molar-refractivity contribution in [1.29, 1.82) is 0 Å². The van der Waals surface area contributed by atoms with Crippen LogP contribution in [0.1, 0.15) is 17.2 Å². The zero-order chi connectivity index (χ0) is 16.4. The number of hydrogen-bond acceptors (Lipinski definition) is 3. The van der Waals surface area contributed by atoms with Crippen LogP contribution in [0.2, 0.25) is 0 Å². The summed E-state index contributed by atoms with van der Waals surface area (Å²) in [4.78, 5) is 10.0. The lowest BCUT2D eigenvalue weighted by molar-refractivity contribution is 0.497. The lowest BCUT2D eigenvalue weighted by Crippen LogP contribution is -2.17. The molecule has 1 aromatic carbocycles. The SMILES string of the molecule is Cc1ccsc1-c1nccn1C(Cn1ccnc1)c1ccccc1.